The van der Waals surface area contributed by atoms with Crippen LogP contribution in [0.1, 0.15) is 32.8 Å². The summed E-state index contributed by atoms with van der Waals surface area (Å²) in [6, 6.07) is 4.94. The standard InChI is InChI=1S/C14H19ClFN/c1-4-11(9-17-10(2)3)7-12-5-6-13(16)8-14(12)15/h5-8,10,17H,4,9H2,1-3H3/b11-7-. The third-order valence-corrected chi connectivity index (χ3v) is 2.84. The van der Waals surface area contributed by atoms with Crippen LogP contribution in [-0.4, -0.2) is 12.6 Å². The van der Waals surface area contributed by atoms with Crippen molar-refractivity contribution in [2.24, 2.45) is 0 Å². The van der Waals surface area contributed by atoms with E-state index in [-0.39, 0.29) is 5.82 Å². The van der Waals surface area contributed by atoms with Crippen molar-refractivity contribution in [3.63, 3.8) is 0 Å². The molecule has 0 aliphatic carbocycles. The maximum atomic E-state index is 12.9. The van der Waals surface area contributed by atoms with E-state index in [0.717, 1.165) is 18.5 Å². The Morgan fingerprint density at radius 1 is 1.47 bits per heavy atom. The van der Waals surface area contributed by atoms with Gasteiger partial charge in [-0.2, -0.15) is 0 Å². The fourth-order valence-electron chi connectivity index (χ4n) is 1.45. The molecule has 0 aromatic heterocycles. The summed E-state index contributed by atoms with van der Waals surface area (Å²) in [5.74, 6) is -0.300. The first-order valence-corrected chi connectivity index (χ1v) is 6.28. The second-order valence-electron chi connectivity index (χ2n) is 4.36. The highest BCUT2D eigenvalue weighted by molar-refractivity contribution is 6.32. The van der Waals surface area contributed by atoms with Gasteiger partial charge in [-0.25, -0.2) is 4.39 Å². The monoisotopic (exact) mass is 255 g/mol. The normalized spacial score (nSPS) is 12.2. The summed E-state index contributed by atoms with van der Waals surface area (Å²) < 4.78 is 12.9. The molecule has 0 aliphatic heterocycles. The molecular weight excluding hydrogens is 237 g/mol. The van der Waals surface area contributed by atoms with Gasteiger partial charge in [0.05, 0.1) is 5.02 Å². The van der Waals surface area contributed by atoms with Crippen LogP contribution in [0, 0.1) is 5.82 Å². The van der Waals surface area contributed by atoms with Gasteiger partial charge in [-0.1, -0.05) is 50.1 Å². The molecule has 0 bridgehead atoms. The molecule has 0 atom stereocenters. The second-order valence-corrected chi connectivity index (χ2v) is 4.76. The van der Waals surface area contributed by atoms with Crippen LogP contribution in [0.4, 0.5) is 4.39 Å². The van der Waals surface area contributed by atoms with E-state index in [2.05, 4.69) is 26.1 Å². The zero-order valence-corrected chi connectivity index (χ0v) is 11.3. The van der Waals surface area contributed by atoms with E-state index < -0.39 is 0 Å². The van der Waals surface area contributed by atoms with E-state index >= 15 is 0 Å². The molecule has 0 saturated heterocycles. The minimum Gasteiger partial charge on any atom is -0.311 e. The average Bonchev–Trinajstić information content (AvgIpc) is 2.26. The average molecular weight is 256 g/mol. The molecular formula is C14H19ClFN. The minimum absolute atomic E-state index is 0.300. The lowest BCUT2D eigenvalue weighted by Gasteiger charge is -2.10. The van der Waals surface area contributed by atoms with Gasteiger partial charge in [-0.3, -0.25) is 0 Å². The van der Waals surface area contributed by atoms with Crippen molar-refractivity contribution < 1.29 is 4.39 Å². The fourth-order valence-corrected chi connectivity index (χ4v) is 1.67. The van der Waals surface area contributed by atoms with Gasteiger partial charge in [0.15, 0.2) is 0 Å². The molecule has 0 aliphatic rings. The van der Waals surface area contributed by atoms with Crippen molar-refractivity contribution in [3.05, 3.63) is 40.2 Å². The van der Waals surface area contributed by atoms with E-state index in [9.17, 15) is 4.39 Å². The molecule has 94 valence electrons. The van der Waals surface area contributed by atoms with Gasteiger partial charge in [-0.15, -0.1) is 0 Å². The first-order valence-electron chi connectivity index (χ1n) is 5.90. The zero-order chi connectivity index (χ0) is 12.8. The van der Waals surface area contributed by atoms with E-state index in [1.54, 1.807) is 6.07 Å². The van der Waals surface area contributed by atoms with E-state index in [1.807, 2.05) is 6.08 Å². The van der Waals surface area contributed by atoms with Crippen LogP contribution in [0.25, 0.3) is 6.08 Å². The molecule has 17 heavy (non-hydrogen) atoms. The van der Waals surface area contributed by atoms with Crippen LogP contribution < -0.4 is 5.32 Å². The number of benzene rings is 1. The van der Waals surface area contributed by atoms with Crippen molar-refractivity contribution in [3.8, 4) is 0 Å². The molecule has 1 aromatic carbocycles. The van der Waals surface area contributed by atoms with Crippen molar-refractivity contribution in [1.29, 1.82) is 0 Å². The number of halogens is 2. The maximum absolute atomic E-state index is 12.9. The van der Waals surface area contributed by atoms with Gasteiger partial charge in [0.1, 0.15) is 5.82 Å². The molecule has 0 heterocycles. The lowest BCUT2D eigenvalue weighted by Crippen LogP contribution is -2.24. The SMILES string of the molecule is CC/C(=C/c1ccc(F)cc1Cl)CNC(C)C. The molecule has 1 rings (SSSR count). The Kier molecular flexibility index (Phi) is 5.66. The minimum atomic E-state index is -0.300. The number of nitrogens with one attached hydrogen (secondary N) is 1. The zero-order valence-electron chi connectivity index (χ0n) is 10.6. The second kappa shape index (κ2) is 6.77. The molecule has 0 saturated carbocycles. The highest BCUT2D eigenvalue weighted by Gasteiger charge is 2.02. The molecule has 0 amide bonds. The summed E-state index contributed by atoms with van der Waals surface area (Å²) >= 11 is 5.99. The van der Waals surface area contributed by atoms with Gasteiger partial charge in [-0.05, 0) is 24.1 Å². The fraction of sp³-hybridized carbons (Fsp3) is 0.429. The van der Waals surface area contributed by atoms with Gasteiger partial charge >= 0.3 is 0 Å². The van der Waals surface area contributed by atoms with Crippen LogP contribution in [0.3, 0.4) is 0 Å². The lowest BCUT2D eigenvalue weighted by atomic mass is 10.1. The highest BCUT2D eigenvalue weighted by Crippen LogP contribution is 2.20. The lowest BCUT2D eigenvalue weighted by molar-refractivity contribution is 0.617. The topological polar surface area (TPSA) is 12.0 Å². The quantitative estimate of drug-likeness (QED) is 0.829. The third-order valence-electron chi connectivity index (χ3n) is 2.51. The first kappa shape index (κ1) is 14.2. The predicted octanol–water partition coefficient (Wildman–Crippen LogP) is 4.27. The predicted molar refractivity (Wildman–Crippen MR) is 72.8 cm³/mol. The number of hydrogen-bond acceptors (Lipinski definition) is 1. The van der Waals surface area contributed by atoms with Crippen LogP contribution in [-0.2, 0) is 0 Å². The Hall–Kier alpha value is -0.860. The van der Waals surface area contributed by atoms with Crippen LogP contribution in [0.5, 0.6) is 0 Å². The van der Waals surface area contributed by atoms with Gasteiger partial charge in [0.2, 0.25) is 0 Å². The summed E-state index contributed by atoms with van der Waals surface area (Å²) in [5, 5.41) is 3.82. The molecule has 3 heteroatoms. The van der Waals surface area contributed by atoms with Crippen molar-refractivity contribution in [2.45, 2.75) is 33.2 Å². The Bertz CT molecular complexity index is 399. The highest BCUT2D eigenvalue weighted by atomic mass is 35.5. The molecule has 0 fully saturated rings. The third kappa shape index (κ3) is 4.88. The first-order chi connectivity index (χ1) is 8.02. The Morgan fingerprint density at radius 3 is 2.71 bits per heavy atom. The summed E-state index contributed by atoms with van der Waals surface area (Å²) in [5.41, 5.74) is 2.13. The van der Waals surface area contributed by atoms with Crippen LogP contribution in [0.15, 0.2) is 23.8 Å². The van der Waals surface area contributed by atoms with Gasteiger partial charge in [0.25, 0.3) is 0 Å². The number of hydrogen-bond donors (Lipinski definition) is 1. The van der Waals surface area contributed by atoms with E-state index in [0.29, 0.717) is 11.1 Å². The van der Waals surface area contributed by atoms with Crippen LogP contribution in [0.2, 0.25) is 5.02 Å². The Balaban J connectivity index is 2.82. The van der Waals surface area contributed by atoms with Gasteiger partial charge in [0, 0.05) is 12.6 Å². The summed E-state index contributed by atoms with van der Waals surface area (Å²) in [7, 11) is 0. The Labute approximate surface area is 108 Å². The van der Waals surface area contributed by atoms with E-state index in [1.165, 1.54) is 17.7 Å². The summed E-state index contributed by atoms with van der Waals surface area (Å²) in [4.78, 5) is 0. The molecule has 0 unspecified atom stereocenters. The summed E-state index contributed by atoms with van der Waals surface area (Å²) in [6.45, 7) is 7.16. The molecule has 1 nitrogen and oxygen atoms in total. The largest absolute Gasteiger partial charge is 0.311 e. The van der Waals surface area contributed by atoms with Gasteiger partial charge < -0.3 is 5.32 Å². The van der Waals surface area contributed by atoms with Crippen molar-refractivity contribution >= 4 is 17.7 Å². The van der Waals surface area contributed by atoms with Crippen molar-refractivity contribution in [2.75, 3.05) is 6.54 Å². The number of rotatable bonds is 5. The van der Waals surface area contributed by atoms with Crippen molar-refractivity contribution in [1.82, 2.24) is 5.32 Å². The van der Waals surface area contributed by atoms with E-state index in [4.69, 9.17) is 11.6 Å². The molecule has 1 aromatic rings. The maximum Gasteiger partial charge on any atom is 0.124 e. The smallest absolute Gasteiger partial charge is 0.124 e. The molecule has 0 spiro atoms. The Morgan fingerprint density at radius 2 is 2.18 bits per heavy atom. The molecule has 0 radical (unpaired) electrons. The summed E-state index contributed by atoms with van der Waals surface area (Å²) in [6.07, 6.45) is 2.98. The van der Waals surface area contributed by atoms with Crippen LogP contribution >= 0.6 is 11.6 Å². The molecule has 1 N–H and O–H groups in total.